The minimum absolute atomic E-state index is 0.135. The first-order valence-electron chi connectivity index (χ1n) is 6.30. The summed E-state index contributed by atoms with van der Waals surface area (Å²) in [5.41, 5.74) is 0.894. The largest absolute Gasteiger partial charge is 0.458 e. The molecular formula is C14H20O2. The van der Waals surface area contributed by atoms with E-state index in [0.717, 1.165) is 17.9 Å². The van der Waals surface area contributed by atoms with Crippen molar-refractivity contribution >= 4 is 5.97 Å². The first-order valence-corrected chi connectivity index (χ1v) is 6.30. The molecule has 0 amide bonds. The van der Waals surface area contributed by atoms with Gasteiger partial charge in [-0.1, -0.05) is 31.6 Å². The minimum Gasteiger partial charge on any atom is -0.458 e. The Hall–Kier alpha value is -1.05. The Morgan fingerprint density at radius 2 is 2.25 bits per heavy atom. The normalized spacial score (nSPS) is 28.9. The van der Waals surface area contributed by atoms with Gasteiger partial charge in [0, 0.05) is 5.57 Å². The van der Waals surface area contributed by atoms with Gasteiger partial charge in [0.15, 0.2) is 0 Å². The Labute approximate surface area is 97.4 Å². The molecule has 2 unspecified atom stereocenters. The average Bonchev–Trinajstić information content (AvgIpc) is 2.35. The number of esters is 1. The molecule has 88 valence electrons. The van der Waals surface area contributed by atoms with Gasteiger partial charge in [-0.05, 0) is 37.5 Å². The molecule has 16 heavy (non-hydrogen) atoms. The van der Waals surface area contributed by atoms with E-state index in [4.69, 9.17) is 4.74 Å². The molecule has 0 saturated heterocycles. The quantitative estimate of drug-likeness (QED) is 0.539. The fraction of sp³-hybridized carbons (Fsp3) is 0.643. The molecule has 0 heterocycles. The predicted octanol–water partition coefficient (Wildman–Crippen LogP) is 3.24. The van der Waals surface area contributed by atoms with Gasteiger partial charge in [0.2, 0.25) is 0 Å². The van der Waals surface area contributed by atoms with Crippen LogP contribution in [-0.2, 0) is 9.53 Å². The lowest BCUT2D eigenvalue weighted by Gasteiger charge is -2.33. The van der Waals surface area contributed by atoms with E-state index in [1.165, 1.54) is 32.1 Å². The summed E-state index contributed by atoms with van der Waals surface area (Å²) in [6.45, 7) is 3.87. The highest BCUT2D eigenvalue weighted by Crippen LogP contribution is 2.39. The van der Waals surface area contributed by atoms with E-state index in [0.29, 0.717) is 12.5 Å². The smallest absolute Gasteiger partial charge is 0.333 e. The zero-order valence-electron chi connectivity index (χ0n) is 9.78. The van der Waals surface area contributed by atoms with E-state index in [1.54, 1.807) is 6.08 Å². The summed E-state index contributed by atoms with van der Waals surface area (Å²) in [6.07, 6.45) is 11.1. The predicted molar refractivity (Wildman–Crippen MR) is 63.9 cm³/mol. The van der Waals surface area contributed by atoms with Crippen LogP contribution in [0, 0.1) is 11.8 Å². The third-order valence-electron chi connectivity index (χ3n) is 3.76. The van der Waals surface area contributed by atoms with Gasteiger partial charge in [0.05, 0.1) is 0 Å². The van der Waals surface area contributed by atoms with Crippen molar-refractivity contribution < 1.29 is 9.53 Å². The number of allylic oxidation sites excluding steroid dienone is 1. The molecule has 2 heteroatoms. The molecule has 0 aliphatic heterocycles. The van der Waals surface area contributed by atoms with E-state index in [-0.39, 0.29) is 5.97 Å². The van der Waals surface area contributed by atoms with Crippen LogP contribution in [0.1, 0.15) is 38.5 Å². The molecule has 0 spiro atoms. The monoisotopic (exact) mass is 220 g/mol. The molecule has 1 fully saturated rings. The van der Waals surface area contributed by atoms with Crippen molar-refractivity contribution in [3.63, 3.8) is 0 Å². The molecule has 0 radical (unpaired) electrons. The number of hydrogen-bond donors (Lipinski definition) is 0. The first kappa shape index (κ1) is 11.4. The Morgan fingerprint density at radius 1 is 1.44 bits per heavy atom. The van der Waals surface area contributed by atoms with Crippen LogP contribution >= 0.6 is 0 Å². The third kappa shape index (κ3) is 2.55. The van der Waals surface area contributed by atoms with Gasteiger partial charge in [-0.3, -0.25) is 0 Å². The third-order valence-corrected chi connectivity index (χ3v) is 3.76. The van der Waals surface area contributed by atoms with E-state index >= 15 is 0 Å². The van der Waals surface area contributed by atoms with Crippen LogP contribution in [0.15, 0.2) is 24.3 Å². The number of carbonyl (C=O) groups is 1. The Balaban J connectivity index is 1.97. The van der Waals surface area contributed by atoms with E-state index in [2.05, 4.69) is 12.7 Å². The van der Waals surface area contributed by atoms with Gasteiger partial charge in [-0.2, -0.15) is 0 Å². The van der Waals surface area contributed by atoms with Crippen LogP contribution < -0.4 is 0 Å². The zero-order chi connectivity index (χ0) is 11.4. The number of rotatable bonds is 3. The molecule has 0 aromatic rings. The maximum atomic E-state index is 11.7. The maximum absolute atomic E-state index is 11.7. The molecule has 1 saturated carbocycles. The van der Waals surface area contributed by atoms with Gasteiger partial charge in [0.1, 0.15) is 6.61 Å². The lowest BCUT2D eigenvalue weighted by Crippen LogP contribution is -2.24. The van der Waals surface area contributed by atoms with Crippen LogP contribution in [0.2, 0.25) is 0 Å². The summed E-state index contributed by atoms with van der Waals surface area (Å²) in [7, 11) is 0. The second-order valence-electron chi connectivity index (χ2n) is 4.83. The highest BCUT2D eigenvalue weighted by molar-refractivity contribution is 5.88. The Bertz CT molecular complexity index is 304. The summed E-state index contributed by atoms with van der Waals surface area (Å²) in [5, 5.41) is 0. The standard InChI is InChI=1S/C14H20O2/c1-2-9-16-14(15)13-8-7-11-5-3-4-6-12(11)10-13/h2,10-12H,1,3-9H2. The number of fused-ring (bicyclic) bond motifs is 1. The number of hydrogen-bond acceptors (Lipinski definition) is 2. The number of carbonyl (C=O) groups excluding carboxylic acids is 1. The van der Waals surface area contributed by atoms with Crippen LogP contribution in [0.5, 0.6) is 0 Å². The second-order valence-corrected chi connectivity index (χ2v) is 4.83. The summed E-state index contributed by atoms with van der Waals surface area (Å²) in [5.74, 6) is 1.32. The van der Waals surface area contributed by atoms with Crippen LogP contribution in [0.4, 0.5) is 0 Å². The molecule has 0 N–H and O–H groups in total. The Kier molecular flexibility index (Phi) is 3.81. The van der Waals surface area contributed by atoms with E-state index in [9.17, 15) is 4.79 Å². The molecule has 2 aliphatic carbocycles. The van der Waals surface area contributed by atoms with Gasteiger partial charge >= 0.3 is 5.97 Å². The topological polar surface area (TPSA) is 26.3 Å². The average molecular weight is 220 g/mol. The Morgan fingerprint density at radius 3 is 3.06 bits per heavy atom. The van der Waals surface area contributed by atoms with E-state index in [1.807, 2.05) is 0 Å². The first-order chi connectivity index (χ1) is 7.81. The highest BCUT2D eigenvalue weighted by Gasteiger charge is 2.29. The molecule has 2 atom stereocenters. The molecule has 2 aliphatic rings. The summed E-state index contributed by atoms with van der Waals surface area (Å²) >= 11 is 0. The summed E-state index contributed by atoms with van der Waals surface area (Å²) < 4.78 is 5.09. The molecule has 0 aromatic carbocycles. The molecule has 2 rings (SSSR count). The van der Waals surface area contributed by atoms with Crippen molar-refractivity contribution in [1.29, 1.82) is 0 Å². The van der Waals surface area contributed by atoms with Crippen molar-refractivity contribution in [2.24, 2.45) is 11.8 Å². The van der Waals surface area contributed by atoms with Crippen molar-refractivity contribution in [3.8, 4) is 0 Å². The van der Waals surface area contributed by atoms with Gasteiger partial charge in [0.25, 0.3) is 0 Å². The minimum atomic E-state index is -0.135. The van der Waals surface area contributed by atoms with Crippen LogP contribution in [0.25, 0.3) is 0 Å². The highest BCUT2D eigenvalue weighted by atomic mass is 16.5. The van der Waals surface area contributed by atoms with Crippen molar-refractivity contribution in [3.05, 3.63) is 24.3 Å². The molecule has 0 bridgehead atoms. The molecule has 2 nitrogen and oxygen atoms in total. The fourth-order valence-corrected chi connectivity index (χ4v) is 2.89. The van der Waals surface area contributed by atoms with Crippen LogP contribution in [0.3, 0.4) is 0 Å². The lowest BCUT2D eigenvalue weighted by atomic mass is 9.72. The van der Waals surface area contributed by atoms with E-state index < -0.39 is 0 Å². The van der Waals surface area contributed by atoms with Gasteiger partial charge in [-0.15, -0.1) is 0 Å². The summed E-state index contributed by atoms with van der Waals surface area (Å²) in [6, 6.07) is 0. The fourth-order valence-electron chi connectivity index (χ4n) is 2.89. The van der Waals surface area contributed by atoms with Crippen molar-refractivity contribution in [2.45, 2.75) is 38.5 Å². The van der Waals surface area contributed by atoms with Gasteiger partial charge < -0.3 is 4.74 Å². The second kappa shape index (κ2) is 5.33. The zero-order valence-corrected chi connectivity index (χ0v) is 9.78. The van der Waals surface area contributed by atoms with Crippen LogP contribution in [-0.4, -0.2) is 12.6 Å². The molecular weight excluding hydrogens is 200 g/mol. The number of ether oxygens (including phenoxy) is 1. The van der Waals surface area contributed by atoms with Gasteiger partial charge in [-0.25, -0.2) is 4.79 Å². The SMILES string of the molecule is C=CCOC(=O)C1=CC2CCCCC2CC1. The van der Waals surface area contributed by atoms with Crippen molar-refractivity contribution in [2.75, 3.05) is 6.61 Å². The maximum Gasteiger partial charge on any atom is 0.333 e. The lowest BCUT2D eigenvalue weighted by molar-refractivity contribution is -0.138. The summed E-state index contributed by atoms with van der Waals surface area (Å²) in [4.78, 5) is 11.7. The van der Waals surface area contributed by atoms with Crippen molar-refractivity contribution in [1.82, 2.24) is 0 Å². The molecule has 0 aromatic heterocycles.